The van der Waals surface area contributed by atoms with Crippen molar-refractivity contribution in [1.29, 1.82) is 0 Å². The fourth-order valence-electron chi connectivity index (χ4n) is 2.22. The minimum atomic E-state index is -1.23. The van der Waals surface area contributed by atoms with E-state index < -0.39 is 17.3 Å². The van der Waals surface area contributed by atoms with Gasteiger partial charge in [0.2, 0.25) is 11.8 Å². The highest BCUT2D eigenvalue weighted by atomic mass is 16.4. The number of rotatable bonds is 5. The van der Waals surface area contributed by atoms with Gasteiger partial charge >= 0.3 is 5.97 Å². The zero-order valence-corrected chi connectivity index (χ0v) is 12.1. The molecule has 22 heavy (non-hydrogen) atoms. The third-order valence-corrected chi connectivity index (χ3v) is 3.87. The van der Waals surface area contributed by atoms with Crippen LogP contribution in [0.1, 0.15) is 24.1 Å². The van der Waals surface area contributed by atoms with E-state index in [2.05, 4.69) is 10.3 Å². The summed E-state index contributed by atoms with van der Waals surface area (Å²) in [7, 11) is 0. The Morgan fingerprint density at radius 2 is 2.00 bits per heavy atom. The van der Waals surface area contributed by atoms with Gasteiger partial charge in [0.1, 0.15) is 11.7 Å². The number of carbonyl (C=O) groups excluding carboxylic acids is 1. The summed E-state index contributed by atoms with van der Waals surface area (Å²) in [5, 5.41) is 11.7. The van der Waals surface area contributed by atoms with Crippen LogP contribution < -0.4 is 5.32 Å². The summed E-state index contributed by atoms with van der Waals surface area (Å²) >= 11 is 0. The molecule has 6 heteroatoms. The molecule has 1 amide bonds. The van der Waals surface area contributed by atoms with Gasteiger partial charge in [-0.15, -0.1) is 0 Å². The Kier molecular flexibility index (Phi) is 3.44. The molecular formula is C16H16N2O4. The van der Waals surface area contributed by atoms with Crippen LogP contribution in [0.2, 0.25) is 0 Å². The molecule has 0 saturated heterocycles. The van der Waals surface area contributed by atoms with Crippen molar-refractivity contribution in [2.75, 3.05) is 0 Å². The van der Waals surface area contributed by atoms with Crippen LogP contribution >= 0.6 is 0 Å². The van der Waals surface area contributed by atoms with Gasteiger partial charge in [0.05, 0.1) is 12.2 Å². The highest BCUT2D eigenvalue weighted by molar-refractivity contribution is 6.04. The molecule has 3 rings (SSSR count). The van der Waals surface area contributed by atoms with Crippen LogP contribution in [0.3, 0.4) is 0 Å². The number of nitrogens with zero attached hydrogens (tertiary/aromatic N) is 1. The third-order valence-electron chi connectivity index (χ3n) is 3.87. The molecule has 0 bridgehead atoms. The molecule has 1 heterocycles. The van der Waals surface area contributed by atoms with E-state index >= 15 is 0 Å². The number of aromatic nitrogens is 1. The number of amides is 1. The topological polar surface area (TPSA) is 92.4 Å². The second kappa shape index (κ2) is 5.29. The highest BCUT2D eigenvalue weighted by Crippen LogP contribution is 2.46. The molecule has 0 spiro atoms. The van der Waals surface area contributed by atoms with Crippen molar-refractivity contribution >= 4 is 11.9 Å². The van der Waals surface area contributed by atoms with Gasteiger partial charge in [-0.2, -0.15) is 0 Å². The van der Waals surface area contributed by atoms with Crippen molar-refractivity contribution in [3.63, 3.8) is 0 Å². The summed E-state index contributed by atoms with van der Waals surface area (Å²) in [4.78, 5) is 27.3. The number of carboxylic acids is 1. The standard InChI is InChI=1S/C16H16N2O4/c1-10-2-4-11(5-3-10)13-18-12(9-22-13)8-17-14(19)16(6-7-16)15(20)21/h2-5,9H,6-8H2,1H3,(H,17,19)(H,20,21). The Labute approximate surface area is 127 Å². The van der Waals surface area contributed by atoms with Crippen LogP contribution in [0.5, 0.6) is 0 Å². The average Bonchev–Trinajstić information content (AvgIpc) is 3.19. The Balaban J connectivity index is 1.64. The van der Waals surface area contributed by atoms with Crippen molar-refractivity contribution in [2.45, 2.75) is 26.3 Å². The predicted molar refractivity (Wildman–Crippen MR) is 77.8 cm³/mol. The lowest BCUT2D eigenvalue weighted by molar-refractivity contribution is -0.149. The molecule has 0 aliphatic heterocycles. The minimum absolute atomic E-state index is 0.156. The fraction of sp³-hybridized carbons (Fsp3) is 0.312. The third kappa shape index (κ3) is 2.59. The van der Waals surface area contributed by atoms with Gasteiger partial charge in [0, 0.05) is 5.56 Å². The summed E-state index contributed by atoms with van der Waals surface area (Å²) in [6.07, 6.45) is 2.25. The summed E-state index contributed by atoms with van der Waals surface area (Å²) in [6.45, 7) is 2.15. The van der Waals surface area contributed by atoms with E-state index in [1.807, 2.05) is 31.2 Å². The molecule has 1 aromatic carbocycles. The first-order valence-corrected chi connectivity index (χ1v) is 7.04. The van der Waals surface area contributed by atoms with Gasteiger partial charge in [0.15, 0.2) is 0 Å². The lowest BCUT2D eigenvalue weighted by atomic mass is 10.1. The second-order valence-corrected chi connectivity index (χ2v) is 5.58. The van der Waals surface area contributed by atoms with Crippen molar-refractivity contribution < 1.29 is 19.1 Å². The monoisotopic (exact) mass is 300 g/mol. The van der Waals surface area contributed by atoms with E-state index in [4.69, 9.17) is 9.52 Å². The number of nitrogens with one attached hydrogen (secondary N) is 1. The molecule has 2 aromatic rings. The number of benzene rings is 1. The molecule has 1 saturated carbocycles. The number of aryl methyl sites for hydroxylation is 1. The van der Waals surface area contributed by atoms with E-state index in [0.717, 1.165) is 11.1 Å². The fourth-order valence-corrected chi connectivity index (χ4v) is 2.22. The lowest BCUT2D eigenvalue weighted by Gasteiger charge is -2.09. The predicted octanol–water partition coefficient (Wildman–Crippen LogP) is 2.13. The van der Waals surface area contributed by atoms with Crippen LogP contribution in [-0.4, -0.2) is 22.0 Å². The van der Waals surface area contributed by atoms with E-state index in [1.165, 1.54) is 6.26 Å². The zero-order valence-electron chi connectivity index (χ0n) is 12.1. The summed E-state index contributed by atoms with van der Waals surface area (Å²) in [6, 6.07) is 7.75. The van der Waals surface area contributed by atoms with Gasteiger partial charge in [-0.05, 0) is 31.9 Å². The van der Waals surface area contributed by atoms with Gasteiger partial charge in [-0.3, -0.25) is 9.59 Å². The average molecular weight is 300 g/mol. The molecule has 1 aliphatic carbocycles. The number of aliphatic carboxylic acids is 1. The van der Waals surface area contributed by atoms with Crippen molar-refractivity contribution in [3.8, 4) is 11.5 Å². The Morgan fingerprint density at radius 1 is 1.32 bits per heavy atom. The van der Waals surface area contributed by atoms with Crippen LogP contribution in [0.25, 0.3) is 11.5 Å². The quantitative estimate of drug-likeness (QED) is 0.825. The molecule has 114 valence electrons. The molecular weight excluding hydrogens is 284 g/mol. The molecule has 0 radical (unpaired) electrons. The van der Waals surface area contributed by atoms with E-state index in [0.29, 0.717) is 24.4 Å². The maximum absolute atomic E-state index is 11.9. The molecule has 2 N–H and O–H groups in total. The first-order chi connectivity index (χ1) is 10.5. The van der Waals surface area contributed by atoms with Crippen LogP contribution in [0.15, 0.2) is 34.9 Å². The number of oxazole rings is 1. The minimum Gasteiger partial charge on any atom is -0.480 e. The van der Waals surface area contributed by atoms with E-state index in [9.17, 15) is 9.59 Å². The summed E-state index contributed by atoms with van der Waals surface area (Å²) < 4.78 is 5.39. The first kappa shape index (κ1) is 14.3. The maximum atomic E-state index is 11.9. The van der Waals surface area contributed by atoms with Crippen molar-refractivity contribution in [2.24, 2.45) is 5.41 Å². The SMILES string of the molecule is Cc1ccc(-c2nc(CNC(=O)C3(C(=O)O)CC3)co2)cc1. The number of carbonyl (C=O) groups is 2. The molecule has 6 nitrogen and oxygen atoms in total. The molecule has 0 unspecified atom stereocenters. The van der Waals surface area contributed by atoms with Gasteiger partial charge in [0.25, 0.3) is 0 Å². The summed E-state index contributed by atoms with van der Waals surface area (Å²) in [5.41, 5.74) is 1.33. The van der Waals surface area contributed by atoms with E-state index in [1.54, 1.807) is 0 Å². The van der Waals surface area contributed by atoms with Gasteiger partial charge < -0.3 is 14.8 Å². The van der Waals surface area contributed by atoms with Crippen LogP contribution in [0, 0.1) is 12.3 Å². The van der Waals surface area contributed by atoms with Gasteiger partial charge in [-0.1, -0.05) is 17.7 Å². The largest absolute Gasteiger partial charge is 0.480 e. The summed E-state index contributed by atoms with van der Waals surface area (Å²) in [5.74, 6) is -1.05. The van der Waals surface area contributed by atoms with E-state index in [-0.39, 0.29) is 6.54 Å². The highest BCUT2D eigenvalue weighted by Gasteiger charge is 2.56. The Morgan fingerprint density at radius 3 is 2.59 bits per heavy atom. The smallest absolute Gasteiger partial charge is 0.319 e. The van der Waals surface area contributed by atoms with Crippen LogP contribution in [-0.2, 0) is 16.1 Å². The molecule has 1 aliphatic rings. The first-order valence-electron chi connectivity index (χ1n) is 7.04. The molecule has 0 atom stereocenters. The molecule has 1 aromatic heterocycles. The Bertz CT molecular complexity index is 714. The van der Waals surface area contributed by atoms with Crippen molar-refractivity contribution in [3.05, 3.63) is 41.8 Å². The normalized spacial score (nSPS) is 15.3. The number of hydrogen-bond acceptors (Lipinski definition) is 4. The Hall–Kier alpha value is -2.63. The maximum Gasteiger partial charge on any atom is 0.319 e. The molecule has 1 fully saturated rings. The van der Waals surface area contributed by atoms with Crippen molar-refractivity contribution in [1.82, 2.24) is 10.3 Å². The van der Waals surface area contributed by atoms with Crippen LogP contribution in [0.4, 0.5) is 0 Å². The number of carboxylic acid groups (broad SMARTS) is 1. The zero-order chi connectivity index (χ0) is 15.7. The number of hydrogen-bond donors (Lipinski definition) is 2. The second-order valence-electron chi connectivity index (χ2n) is 5.58. The van der Waals surface area contributed by atoms with Gasteiger partial charge in [-0.25, -0.2) is 4.98 Å². The lowest BCUT2D eigenvalue weighted by Crippen LogP contribution is -2.36.